The molecule has 0 rings (SSSR count). The Bertz CT molecular complexity index is 162. The predicted octanol–water partition coefficient (Wildman–Crippen LogP) is 4.47. The van der Waals surface area contributed by atoms with E-state index in [4.69, 9.17) is 0 Å². The number of hydrogen-bond donors (Lipinski definition) is 0. The number of carbonyl (C=O) groups is 1. The van der Waals surface area contributed by atoms with E-state index in [1.807, 2.05) is 22.6 Å². The summed E-state index contributed by atoms with van der Waals surface area (Å²) in [5.41, 5.74) is 0. The van der Waals surface area contributed by atoms with Gasteiger partial charge in [-0.1, -0.05) is 71.1 Å². The first-order chi connectivity index (χ1) is 7.77. The lowest BCUT2D eigenvalue weighted by molar-refractivity contribution is -0.109. The van der Waals surface area contributed by atoms with Gasteiger partial charge in [-0.25, -0.2) is 0 Å². The lowest BCUT2D eigenvalue weighted by atomic mass is 10.1. The first-order valence-electron chi connectivity index (χ1n) is 6.95. The van der Waals surface area contributed by atoms with Gasteiger partial charge in [-0.3, -0.25) is 4.79 Å². The summed E-state index contributed by atoms with van der Waals surface area (Å²) in [5.74, 6) is 0. The largest absolute Gasteiger partial charge is 0.288 e. The van der Waals surface area contributed by atoms with Gasteiger partial charge in [-0.2, -0.15) is 0 Å². The highest BCUT2D eigenvalue weighted by atomic mass is 127. The number of halogens is 1. The Morgan fingerprint density at radius 3 is 1.47 bits per heavy atom. The number of hydrogen-bond acceptors (Lipinski definition) is 1. The summed E-state index contributed by atoms with van der Waals surface area (Å²) >= 11 is 1.89. The lowest BCUT2D eigenvalue weighted by Crippen LogP contribution is -1.86. The quantitative estimate of drug-likeness (QED) is 0.215. The number of carbonyl (C=O) groups excluding carboxylic acids is 1. The average molecular weight is 368 g/mol. The van der Waals surface area contributed by atoms with Crippen molar-refractivity contribution < 1.29 is 4.79 Å². The Labute approximate surface area is 132 Å². The van der Waals surface area contributed by atoms with Crippen LogP contribution in [-0.4, -0.2) is 21.2 Å². The van der Waals surface area contributed by atoms with Gasteiger partial charge in [0.1, 0.15) is 0 Å². The highest BCUT2D eigenvalue weighted by Crippen LogP contribution is 2.12. The maximum atomic E-state index is 10.7. The molecule has 0 saturated carbocycles. The normalized spacial score (nSPS) is 10.0. The van der Waals surface area contributed by atoms with Crippen molar-refractivity contribution in [3.63, 3.8) is 0 Å². The predicted molar refractivity (Wildman–Crippen MR) is 90.0 cm³/mol. The molecule has 0 aliphatic heterocycles. The molecule has 0 aliphatic carbocycles. The Hall–Kier alpha value is 0.932. The first-order valence-corrected chi connectivity index (χ1v) is 8.03. The highest BCUT2D eigenvalue weighted by Gasteiger charge is 1.95. The maximum Gasteiger partial charge on any atom is 0.192 e. The van der Waals surface area contributed by atoms with Crippen LogP contribution in [0.15, 0.2) is 0 Å². The molecule has 0 aromatic rings. The molecule has 17 heavy (non-hydrogen) atoms. The van der Waals surface area contributed by atoms with Crippen LogP contribution < -0.4 is 0 Å². The van der Waals surface area contributed by atoms with Crippen molar-refractivity contribution in [3.05, 3.63) is 0 Å². The molecule has 0 atom stereocenters. The molecule has 0 heterocycles. The summed E-state index contributed by atoms with van der Waals surface area (Å²) in [6, 6.07) is 0. The molecule has 0 N–H and O–H groups in total. The molecule has 0 aromatic carbocycles. The van der Waals surface area contributed by atoms with Gasteiger partial charge < -0.3 is 0 Å². The van der Waals surface area contributed by atoms with E-state index >= 15 is 0 Å². The van der Waals surface area contributed by atoms with Gasteiger partial charge in [-0.05, 0) is 29.0 Å². The van der Waals surface area contributed by atoms with Crippen LogP contribution >= 0.6 is 22.6 Å². The van der Waals surface area contributed by atoms with Crippen LogP contribution in [0.3, 0.4) is 0 Å². The third kappa shape index (κ3) is 19.5. The minimum Gasteiger partial charge on any atom is -0.288 e. The van der Waals surface area contributed by atoms with Crippen LogP contribution in [-0.2, 0) is 4.79 Å². The van der Waals surface area contributed by atoms with Crippen molar-refractivity contribution >= 4 is 43.7 Å². The number of unbranched alkanes of at least 4 members (excludes halogenated alkanes) is 10. The van der Waals surface area contributed by atoms with Crippen LogP contribution in [0.25, 0.3) is 0 Å². The van der Waals surface area contributed by atoms with Gasteiger partial charge in [-0.15, -0.1) is 0 Å². The summed E-state index contributed by atoms with van der Waals surface area (Å²) in [7, 11) is 0. The molecule has 0 saturated heterocycles. The molecule has 0 aromatic heterocycles. The fourth-order valence-electron chi connectivity index (χ4n) is 1.93. The molecule has 0 unspecified atom stereocenters. The standard InChI is InChI=1S/C14H27IO.Al.3H/c1-2-3-4-5-6-7-8-9-10-11-12-13-14(15)16;;;;/h2-13H2,1H3;;;;. The monoisotopic (exact) mass is 368 g/mol. The van der Waals surface area contributed by atoms with Gasteiger partial charge in [0.2, 0.25) is 0 Å². The van der Waals surface area contributed by atoms with Crippen molar-refractivity contribution in [2.24, 2.45) is 0 Å². The molecule has 3 heteroatoms. The van der Waals surface area contributed by atoms with Crippen molar-refractivity contribution in [1.29, 1.82) is 0 Å². The molecule has 0 bridgehead atoms. The summed E-state index contributed by atoms with van der Waals surface area (Å²) < 4.78 is 0.313. The van der Waals surface area contributed by atoms with Crippen LogP contribution in [0.1, 0.15) is 84.0 Å². The summed E-state index contributed by atoms with van der Waals surface area (Å²) in [5, 5.41) is 0. The van der Waals surface area contributed by atoms with E-state index in [-0.39, 0.29) is 17.4 Å². The molecule has 0 radical (unpaired) electrons. The van der Waals surface area contributed by atoms with E-state index in [2.05, 4.69) is 6.92 Å². The van der Waals surface area contributed by atoms with E-state index in [0.29, 0.717) is 3.79 Å². The van der Waals surface area contributed by atoms with Crippen molar-refractivity contribution in [2.75, 3.05) is 0 Å². The first kappa shape index (κ1) is 20.3. The summed E-state index contributed by atoms with van der Waals surface area (Å²) in [4.78, 5) is 10.7. The smallest absolute Gasteiger partial charge is 0.192 e. The molecule has 0 spiro atoms. The zero-order chi connectivity index (χ0) is 12.1. The van der Waals surface area contributed by atoms with Crippen LogP contribution in [0, 0.1) is 0 Å². The van der Waals surface area contributed by atoms with E-state index < -0.39 is 0 Å². The van der Waals surface area contributed by atoms with E-state index in [1.165, 1.54) is 64.2 Å². The topological polar surface area (TPSA) is 17.1 Å². The maximum absolute atomic E-state index is 10.7. The van der Waals surface area contributed by atoms with Crippen molar-refractivity contribution in [3.8, 4) is 0 Å². The second-order valence-corrected chi connectivity index (χ2v) is 5.84. The minimum absolute atomic E-state index is 0. The van der Waals surface area contributed by atoms with Crippen LogP contribution in [0.2, 0.25) is 0 Å². The lowest BCUT2D eigenvalue weighted by Gasteiger charge is -2.01. The fourth-order valence-corrected chi connectivity index (χ4v) is 2.31. The second kappa shape index (κ2) is 16.9. The fraction of sp³-hybridized carbons (Fsp3) is 0.929. The van der Waals surface area contributed by atoms with E-state index in [0.717, 1.165) is 12.8 Å². The zero-order valence-electron chi connectivity index (χ0n) is 10.8. The molecule has 0 amide bonds. The molecule has 102 valence electrons. The Kier molecular flexibility index (Phi) is 20.2. The van der Waals surface area contributed by atoms with Crippen molar-refractivity contribution in [2.45, 2.75) is 84.0 Å². The van der Waals surface area contributed by atoms with Gasteiger partial charge in [0.05, 0.1) is 0 Å². The summed E-state index contributed by atoms with van der Waals surface area (Å²) in [6.45, 7) is 2.26. The van der Waals surface area contributed by atoms with E-state index in [9.17, 15) is 4.79 Å². The third-order valence-electron chi connectivity index (χ3n) is 2.98. The van der Waals surface area contributed by atoms with Crippen LogP contribution in [0.4, 0.5) is 0 Å². The molecule has 1 nitrogen and oxygen atoms in total. The SMILES string of the molecule is CCCCCCCCCCCCCC(=O)I.[AlH3]. The van der Waals surface area contributed by atoms with Gasteiger partial charge in [0.15, 0.2) is 21.2 Å². The zero-order valence-corrected chi connectivity index (χ0v) is 12.9. The van der Waals surface area contributed by atoms with E-state index in [1.54, 1.807) is 0 Å². The highest BCUT2D eigenvalue weighted by molar-refractivity contribution is 14.1. The molecular weight excluding hydrogens is 338 g/mol. The Balaban J connectivity index is 0. The Morgan fingerprint density at radius 2 is 1.12 bits per heavy atom. The average Bonchev–Trinajstić information content (AvgIpc) is 2.25. The Morgan fingerprint density at radius 1 is 0.765 bits per heavy atom. The van der Waals surface area contributed by atoms with Crippen LogP contribution in [0.5, 0.6) is 0 Å². The van der Waals surface area contributed by atoms with Gasteiger partial charge >= 0.3 is 0 Å². The minimum atomic E-state index is 0. The van der Waals surface area contributed by atoms with Gasteiger partial charge in [0.25, 0.3) is 0 Å². The summed E-state index contributed by atoms with van der Waals surface area (Å²) in [6.07, 6.45) is 15.6. The van der Waals surface area contributed by atoms with Gasteiger partial charge in [0, 0.05) is 6.42 Å². The van der Waals surface area contributed by atoms with Crippen molar-refractivity contribution in [1.82, 2.24) is 0 Å². The molecule has 0 fully saturated rings. The third-order valence-corrected chi connectivity index (χ3v) is 3.52. The number of rotatable bonds is 12. The second-order valence-electron chi connectivity index (χ2n) is 4.64. The molecule has 0 aliphatic rings. The molecular formula is C14H30AlIO.